The number of rotatable bonds is 4. The number of nitrogens with one attached hydrogen (secondary N) is 3. The van der Waals surface area contributed by atoms with Crippen LogP contribution in [0.1, 0.15) is 52.5 Å². The molecule has 2 fully saturated rings. The molecule has 0 bridgehead atoms. The van der Waals surface area contributed by atoms with Crippen molar-refractivity contribution in [1.82, 2.24) is 20.9 Å². The Morgan fingerprint density at radius 3 is 2.63 bits per heavy atom. The summed E-state index contributed by atoms with van der Waals surface area (Å²) in [6.07, 6.45) is 1.33. The first kappa shape index (κ1) is 17.8. The molecule has 3 heterocycles. The summed E-state index contributed by atoms with van der Waals surface area (Å²) in [6, 6.07) is 5.14. The maximum Gasteiger partial charge on any atom is 0.262 e. The summed E-state index contributed by atoms with van der Waals surface area (Å²) >= 11 is 0. The minimum atomic E-state index is -0.928. The van der Waals surface area contributed by atoms with Gasteiger partial charge in [0.1, 0.15) is 6.04 Å². The van der Waals surface area contributed by atoms with E-state index < -0.39 is 23.8 Å². The van der Waals surface area contributed by atoms with E-state index in [0.717, 1.165) is 23.4 Å². The monoisotopic (exact) mass is 370 g/mol. The molecule has 3 aliphatic rings. The van der Waals surface area contributed by atoms with Crippen molar-refractivity contribution in [1.29, 1.82) is 0 Å². The van der Waals surface area contributed by atoms with E-state index in [1.165, 1.54) is 0 Å². The minimum absolute atomic E-state index is 0.118. The van der Waals surface area contributed by atoms with Crippen LogP contribution in [0.25, 0.3) is 0 Å². The lowest BCUT2D eigenvalue weighted by Crippen LogP contribution is -2.54. The smallest absolute Gasteiger partial charge is 0.262 e. The average molecular weight is 370 g/mol. The third-order valence-electron chi connectivity index (χ3n) is 5.45. The van der Waals surface area contributed by atoms with Crippen LogP contribution >= 0.6 is 0 Å². The van der Waals surface area contributed by atoms with E-state index in [2.05, 4.69) is 22.9 Å². The highest BCUT2D eigenvalue weighted by Crippen LogP contribution is 2.28. The molecule has 0 saturated carbocycles. The second kappa shape index (κ2) is 6.86. The molecule has 0 aromatic heterocycles. The van der Waals surface area contributed by atoms with Crippen molar-refractivity contribution in [2.45, 2.75) is 50.9 Å². The van der Waals surface area contributed by atoms with Crippen molar-refractivity contribution in [2.75, 3.05) is 6.54 Å². The molecule has 8 heteroatoms. The Hall–Kier alpha value is -2.58. The predicted octanol–water partition coefficient (Wildman–Crippen LogP) is -0.0722. The van der Waals surface area contributed by atoms with Crippen LogP contribution in [0.15, 0.2) is 18.2 Å². The van der Waals surface area contributed by atoms with Gasteiger partial charge in [0.15, 0.2) is 0 Å². The summed E-state index contributed by atoms with van der Waals surface area (Å²) in [6.45, 7) is 3.66. The quantitative estimate of drug-likeness (QED) is 0.641. The van der Waals surface area contributed by atoms with Crippen molar-refractivity contribution >= 4 is 23.6 Å². The molecular formula is C19H22N4O4. The van der Waals surface area contributed by atoms with Gasteiger partial charge in [-0.2, -0.15) is 0 Å². The van der Waals surface area contributed by atoms with Gasteiger partial charge in [-0.3, -0.25) is 29.4 Å². The maximum absolute atomic E-state index is 12.8. The van der Waals surface area contributed by atoms with Crippen LogP contribution in [-0.2, 0) is 16.1 Å². The highest BCUT2D eigenvalue weighted by molar-refractivity contribution is 6.23. The molecule has 4 rings (SSSR count). The average Bonchev–Trinajstić information content (AvgIpc) is 3.16. The lowest BCUT2D eigenvalue weighted by atomic mass is 10.0. The molecule has 3 aliphatic heterocycles. The lowest BCUT2D eigenvalue weighted by molar-refractivity contribution is -0.136. The van der Waals surface area contributed by atoms with Gasteiger partial charge in [0.25, 0.3) is 11.8 Å². The Morgan fingerprint density at radius 2 is 1.93 bits per heavy atom. The minimum Gasteiger partial charge on any atom is -0.313 e. The number of piperidine rings is 1. The first-order chi connectivity index (χ1) is 12.9. The number of amides is 4. The SMILES string of the molecule is CC1CC(NCc2ccc3c(c2)C(=O)N(C2CCC(=O)NC2=O)C3=O)CN1. The van der Waals surface area contributed by atoms with Gasteiger partial charge in [0.05, 0.1) is 11.1 Å². The molecule has 0 aliphatic carbocycles. The fourth-order valence-electron chi connectivity index (χ4n) is 3.98. The Bertz CT molecular complexity index is 837. The summed E-state index contributed by atoms with van der Waals surface area (Å²) in [4.78, 5) is 49.9. The van der Waals surface area contributed by atoms with Crippen LogP contribution in [-0.4, -0.2) is 53.2 Å². The number of carbonyl (C=O) groups is 4. The van der Waals surface area contributed by atoms with Gasteiger partial charge in [-0.05, 0) is 37.5 Å². The summed E-state index contributed by atoms with van der Waals surface area (Å²) in [5.41, 5.74) is 1.55. The number of benzene rings is 1. The van der Waals surface area contributed by atoms with Gasteiger partial charge in [0.2, 0.25) is 11.8 Å². The molecular weight excluding hydrogens is 348 g/mol. The first-order valence-corrected chi connectivity index (χ1v) is 9.25. The normalized spacial score (nSPS) is 27.9. The van der Waals surface area contributed by atoms with E-state index in [-0.39, 0.29) is 18.7 Å². The number of carbonyl (C=O) groups excluding carboxylic acids is 4. The van der Waals surface area contributed by atoms with Crippen molar-refractivity contribution in [3.63, 3.8) is 0 Å². The van der Waals surface area contributed by atoms with Crippen LogP contribution < -0.4 is 16.0 Å². The van der Waals surface area contributed by atoms with Crippen LogP contribution in [0.5, 0.6) is 0 Å². The first-order valence-electron chi connectivity index (χ1n) is 9.25. The van der Waals surface area contributed by atoms with E-state index in [1.807, 2.05) is 6.07 Å². The Kier molecular flexibility index (Phi) is 4.53. The van der Waals surface area contributed by atoms with Gasteiger partial charge in [0, 0.05) is 31.6 Å². The van der Waals surface area contributed by atoms with E-state index in [0.29, 0.717) is 29.8 Å². The third kappa shape index (κ3) is 3.26. The second-order valence-corrected chi connectivity index (χ2v) is 7.45. The molecule has 27 heavy (non-hydrogen) atoms. The second-order valence-electron chi connectivity index (χ2n) is 7.45. The van der Waals surface area contributed by atoms with Crippen molar-refractivity contribution in [2.24, 2.45) is 0 Å². The lowest BCUT2D eigenvalue weighted by Gasteiger charge is -2.27. The van der Waals surface area contributed by atoms with Crippen LogP contribution in [0.2, 0.25) is 0 Å². The molecule has 1 aromatic carbocycles. The number of hydrogen-bond acceptors (Lipinski definition) is 6. The van der Waals surface area contributed by atoms with E-state index in [1.54, 1.807) is 12.1 Å². The van der Waals surface area contributed by atoms with Gasteiger partial charge < -0.3 is 10.6 Å². The molecule has 2 saturated heterocycles. The molecule has 4 amide bonds. The van der Waals surface area contributed by atoms with Crippen LogP contribution in [0.4, 0.5) is 0 Å². The number of hydrogen-bond donors (Lipinski definition) is 3. The molecule has 3 N–H and O–H groups in total. The zero-order valence-corrected chi connectivity index (χ0v) is 15.1. The summed E-state index contributed by atoms with van der Waals surface area (Å²) in [5, 5.41) is 9.04. The van der Waals surface area contributed by atoms with E-state index in [4.69, 9.17) is 0 Å². The highest BCUT2D eigenvalue weighted by Gasteiger charge is 2.44. The predicted molar refractivity (Wildman–Crippen MR) is 95.8 cm³/mol. The molecule has 8 nitrogen and oxygen atoms in total. The number of fused-ring (bicyclic) bond motifs is 1. The van der Waals surface area contributed by atoms with E-state index in [9.17, 15) is 19.2 Å². The zero-order valence-electron chi connectivity index (χ0n) is 15.1. The van der Waals surface area contributed by atoms with E-state index >= 15 is 0 Å². The highest BCUT2D eigenvalue weighted by atomic mass is 16.2. The topological polar surface area (TPSA) is 108 Å². The number of imide groups is 2. The maximum atomic E-state index is 12.8. The number of nitrogens with zero attached hydrogens (tertiary/aromatic N) is 1. The Balaban J connectivity index is 1.49. The summed E-state index contributed by atoms with van der Waals surface area (Å²) < 4.78 is 0. The molecule has 3 unspecified atom stereocenters. The van der Waals surface area contributed by atoms with Crippen molar-refractivity contribution in [3.05, 3.63) is 34.9 Å². The standard InChI is InChI=1S/C19H22N4O4/c1-10-6-12(9-20-10)21-8-11-2-3-13-14(7-11)19(27)23(18(13)26)15-4-5-16(24)22-17(15)25/h2-3,7,10,12,15,20-21H,4-6,8-9H2,1H3,(H,22,24,25). The Morgan fingerprint density at radius 1 is 1.15 bits per heavy atom. The Labute approximate surface area is 156 Å². The zero-order chi connectivity index (χ0) is 19.1. The summed E-state index contributed by atoms with van der Waals surface area (Å²) in [5.74, 6) is -1.91. The van der Waals surface area contributed by atoms with Gasteiger partial charge >= 0.3 is 0 Å². The third-order valence-corrected chi connectivity index (χ3v) is 5.45. The fourth-order valence-corrected chi connectivity index (χ4v) is 3.98. The molecule has 1 aromatic rings. The van der Waals surface area contributed by atoms with Crippen LogP contribution in [0, 0.1) is 0 Å². The van der Waals surface area contributed by atoms with Gasteiger partial charge in [-0.25, -0.2) is 0 Å². The molecule has 142 valence electrons. The summed E-state index contributed by atoms with van der Waals surface area (Å²) in [7, 11) is 0. The van der Waals surface area contributed by atoms with Gasteiger partial charge in [-0.15, -0.1) is 0 Å². The fraction of sp³-hybridized carbons (Fsp3) is 0.474. The molecule has 0 radical (unpaired) electrons. The molecule has 3 atom stereocenters. The van der Waals surface area contributed by atoms with Crippen molar-refractivity contribution < 1.29 is 19.2 Å². The molecule has 0 spiro atoms. The van der Waals surface area contributed by atoms with Crippen molar-refractivity contribution in [3.8, 4) is 0 Å². The van der Waals surface area contributed by atoms with Crippen LogP contribution in [0.3, 0.4) is 0 Å². The van der Waals surface area contributed by atoms with Gasteiger partial charge in [-0.1, -0.05) is 6.07 Å². The largest absolute Gasteiger partial charge is 0.313 e.